The fraction of sp³-hybridized carbons (Fsp3) is 0.812. The molecule has 136 valence electrons. The number of aliphatic hydroxyl groups is 1. The van der Waals surface area contributed by atoms with Crippen molar-refractivity contribution in [1.29, 1.82) is 0 Å². The number of nitrogens with two attached hydrogens (primary N) is 1. The molecule has 2 atom stereocenters. The van der Waals surface area contributed by atoms with Gasteiger partial charge in [0.25, 0.3) is 0 Å². The van der Waals surface area contributed by atoms with Crippen LogP contribution < -0.4 is 16.4 Å². The molecule has 0 spiro atoms. The molecule has 2 heterocycles. The molecule has 8 heteroatoms. The molecule has 1 amide bonds. The maximum absolute atomic E-state index is 12.5. The highest BCUT2D eigenvalue weighted by atomic mass is 16.4. The van der Waals surface area contributed by atoms with Gasteiger partial charge in [-0.15, -0.1) is 10.2 Å². The molecule has 0 unspecified atom stereocenters. The lowest BCUT2D eigenvalue weighted by molar-refractivity contribution is -0.126. The second kappa shape index (κ2) is 9.71. The number of carbonyl (C=O) groups is 1. The molecule has 5 N–H and O–H groups in total. The van der Waals surface area contributed by atoms with Crippen LogP contribution in [0.5, 0.6) is 0 Å². The topological polar surface area (TPSA) is 126 Å². The van der Waals surface area contributed by atoms with Gasteiger partial charge in [0.1, 0.15) is 6.04 Å². The highest BCUT2D eigenvalue weighted by molar-refractivity contribution is 5.79. The van der Waals surface area contributed by atoms with Crippen molar-refractivity contribution in [2.24, 2.45) is 11.7 Å². The minimum Gasteiger partial charge on any atom is -0.423 e. The zero-order valence-electron chi connectivity index (χ0n) is 14.3. The molecule has 2 rings (SSSR count). The van der Waals surface area contributed by atoms with Crippen molar-refractivity contribution in [3.63, 3.8) is 0 Å². The van der Waals surface area contributed by atoms with Crippen LogP contribution in [-0.4, -0.2) is 47.5 Å². The van der Waals surface area contributed by atoms with E-state index in [1.165, 1.54) is 0 Å². The van der Waals surface area contributed by atoms with Gasteiger partial charge in [-0.25, -0.2) is 0 Å². The molecule has 1 aliphatic rings. The number of hydrogen-bond acceptors (Lipinski definition) is 7. The number of hydrogen-bond donors (Lipinski definition) is 4. The molecule has 0 saturated carbocycles. The van der Waals surface area contributed by atoms with Crippen molar-refractivity contribution in [3.05, 3.63) is 11.8 Å². The quantitative estimate of drug-likeness (QED) is 0.481. The van der Waals surface area contributed by atoms with Gasteiger partial charge in [-0.05, 0) is 51.7 Å². The van der Waals surface area contributed by atoms with Crippen molar-refractivity contribution in [2.75, 3.05) is 26.2 Å². The molecule has 0 aliphatic carbocycles. The summed E-state index contributed by atoms with van der Waals surface area (Å²) in [5.41, 5.74) is 5.56. The van der Waals surface area contributed by atoms with Crippen LogP contribution in [0.2, 0.25) is 0 Å². The minimum atomic E-state index is -0.300. The van der Waals surface area contributed by atoms with Crippen LogP contribution in [0.1, 0.15) is 62.8 Å². The summed E-state index contributed by atoms with van der Waals surface area (Å²) < 4.78 is 5.68. The molecule has 1 aromatic heterocycles. The van der Waals surface area contributed by atoms with Crippen LogP contribution in [0.4, 0.5) is 0 Å². The SMILES string of the molecule is C[C@@H](CO)c1nnc([C@H](CCCCN)NC(=O)C2CCNCC2)o1. The van der Waals surface area contributed by atoms with Crippen molar-refractivity contribution in [1.82, 2.24) is 20.8 Å². The summed E-state index contributed by atoms with van der Waals surface area (Å²) in [6, 6.07) is -0.300. The summed E-state index contributed by atoms with van der Waals surface area (Å²) in [6.07, 6.45) is 4.16. The zero-order chi connectivity index (χ0) is 17.4. The number of aliphatic hydroxyl groups excluding tert-OH is 1. The van der Waals surface area contributed by atoms with Crippen LogP contribution >= 0.6 is 0 Å². The van der Waals surface area contributed by atoms with Gasteiger partial charge >= 0.3 is 0 Å². The molecule has 0 radical (unpaired) electrons. The number of aromatic nitrogens is 2. The Kier molecular flexibility index (Phi) is 7.61. The summed E-state index contributed by atoms with van der Waals surface area (Å²) in [6.45, 7) is 4.12. The summed E-state index contributed by atoms with van der Waals surface area (Å²) in [5, 5.41) is 23.6. The van der Waals surface area contributed by atoms with Crippen molar-refractivity contribution >= 4 is 5.91 Å². The maximum Gasteiger partial charge on any atom is 0.238 e. The van der Waals surface area contributed by atoms with Gasteiger partial charge in [0, 0.05) is 5.92 Å². The zero-order valence-corrected chi connectivity index (χ0v) is 14.3. The number of rotatable bonds is 9. The van der Waals surface area contributed by atoms with Gasteiger partial charge in [0.2, 0.25) is 17.7 Å². The molecule has 24 heavy (non-hydrogen) atoms. The molecular weight excluding hydrogens is 310 g/mol. The van der Waals surface area contributed by atoms with E-state index in [1.54, 1.807) is 0 Å². The van der Waals surface area contributed by atoms with E-state index in [4.69, 9.17) is 10.2 Å². The Balaban J connectivity index is 2.02. The summed E-state index contributed by atoms with van der Waals surface area (Å²) in [4.78, 5) is 12.5. The largest absolute Gasteiger partial charge is 0.423 e. The van der Waals surface area contributed by atoms with E-state index < -0.39 is 0 Å². The van der Waals surface area contributed by atoms with E-state index in [2.05, 4.69) is 20.8 Å². The molecular formula is C16H29N5O3. The first-order valence-corrected chi connectivity index (χ1v) is 8.81. The number of nitrogens with one attached hydrogen (secondary N) is 2. The van der Waals surface area contributed by atoms with E-state index in [1.807, 2.05) is 6.92 Å². The van der Waals surface area contributed by atoms with Gasteiger partial charge < -0.3 is 25.9 Å². The molecule has 0 aromatic carbocycles. The lowest BCUT2D eigenvalue weighted by Crippen LogP contribution is -2.39. The number of amides is 1. The second-order valence-corrected chi connectivity index (χ2v) is 6.43. The minimum absolute atomic E-state index is 0.0296. The Morgan fingerprint density at radius 2 is 2.08 bits per heavy atom. The standard InChI is InChI=1S/C16H29N5O3/c1-11(10-22)15-20-21-16(24-15)13(4-2-3-7-17)19-14(23)12-5-8-18-9-6-12/h11-13,18,22H,2-10,17H2,1H3,(H,19,23)/t11-,13-/m0/s1. The summed E-state index contributed by atoms with van der Waals surface area (Å²) in [5.74, 6) is 0.666. The van der Waals surface area contributed by atoms with Gasteiger partial charge in [0.05, 0.1) is 12.5 Å². The molecule has 8 nitrogen and oxygen atoms in total. The molecule has 1 aromatic rings. The highest BCUT2D eigenvalue weighted by Crippen LogP contribution is 2.23. The van der Waals surface area contributed by atoms with Crippen LogP contribution in [0, 0.1) is 5.92 Å². The van der Waals surface area contributed by atoms with Gasteiger partial charge in [0.15, 0.2) is 0 Å². The maximum atomic E-state index is 12.5. The van der Waals surface area contributed by atoms with Crippen LogP contribution in [-0.2, 0) is 4.79 Å². The molecule has 1 saturated heterocycles. The second-order valence-electron chi connectivity index (χ2n) is 6.43. The van der Waals surface area contributed by atoms with Gasteiger partial charge in [-0.3, -0.25) is 4.79 Å². The van der Waals surface area contributed by atoms with Crippen LogP contribution in [0.15, 0.2) is 4.42 Å². The van der Waals surface area contributed by atoms with E-state index in [9.17, 15) is 9.90 Å². The third-order valence-corrected chi connectivity index (χ3v) is 4.42. The van der Waals surface area contributed by atoms with Crippen molar-refractivity contribution in [3.8, 4) is 0 Å². The average molecular weight is 339 g/mol. The number of unbranched alkanes of at least 4 members (excludes halogenated alkanes) is 1. The predicted molar refractivity (Wildman–Crippen MR) is 89.2 cm³/mol. The smallest absolute Gasteiger partial charge is 0.238 e. The molecule has 0 bridgehead atoms. The highest BCUT2D eigenvalue weighted by Gasteiger charge is 2.27. The first-order chi connectivity index (χ1) is 11.7. The van der Waals surface area contributed by atoms with Crippen LogP contribution in [0.3, 0.4) is 0 Å². The summed E-state index contributed by atoms with van der Waals surface area (Å²) in [7, 11) is 0. The molecule has 1 fully saturated rings. The Morgan fingerprint density at radius 1 is 1.38 bits per heavy atom. The van der Waals surface area contributed by atoms with E-state index >= 15 is 0 Å². The van der Waals surface area contributed by atoms with Gasteiger partial charge in [-0.2, -0.15) is 0 Å². The van der Waals surface area contributed by atoms with Crippen LogP contribution in [0.25, 0.3) is 0 Å². The van der Waals surface area contributed by atoms with Gasteiger partial charge in [-0.1, -0.05) is 6.92 Å². The third kappa shape index (κ3) is 5.25. The number of piperidine rings is 1. The Morgan fingerprint density at radius 3 is 2.75 bits per heavy atom. The number of nitrogens with zero attached hydrogens (tertiary/aromatic N) is 2. The van der Waals surface area contributed by atoms with Crippen molar-refractivity contribution in [2.45, 2.75) is 51.0 Å². The first kappa shape index (κ1) is 18.8. The lowest BCUT2D eigenvalue weighted by Gasteiger charge is -2.24. The first-order valence-electron chi connectivity index (χ1n) is 8.81. The normalized spacial score (nSPS) is 18.3. The van der Waals surface area contributed by atoms with E-state index in [-0.39, 0.29) is 30.4 Å². The average Bonchev–Trinajstić information content (AvgIpc) is 3.11. The third-order valence-electron chi connectivity index (χ3n) is 4.42. The van der Waals surface area contributed by atoms with E-state index in [0.717, 1.165) is 38.8 Å². The predicted octanol–water partition coefficient (Wildman–Crippen LogP) is 0.451. The fourth-order valence-electron chi connectivity index (χ4n) is 2.79. The lowest BCUT2D eigenvalue weighted by atomic mass is 9.96. The summed E-state index contributed by atoms with van der Waals surface area (Å²) >= 11 is 0. The fourth-order valence-corrected chi connectivity index (χ4v) is 2.79. The Bertz CT molecular complexity index is 502. The Hall–Kier alpha value is -1.51. The monoisotopic (exact) mass is 339 g/mol. The molecule has 1 aliphatic heterocycles. The number of carbonyl (C=O) groups excluding carboxylic acids is 1. The van der Waals surface area contributed by atoms with Crippen molar-refractivity contribution < 1.29 is 14.3 Å². The van der Waals surface area contributed by atoms with E-state index in [0.29, 0.717) is 24.7 Å². The Labute approximate surface area is 142 Å².